The van der Waals surface area contributed by atoms with Gasteiger partial charge >= 0.3 is 0 Å². The van der Waals surface area contributed by atoms with E-state index >= 15 is 0 Å². The SMILES string of the molecule is Fn1nc(Cc2cccs2)c2cccnc21. The summed E-state index contributed by atoms with van der Waals surface area (Å²) in [5.74, 6) is 0. The summed E-state index contributed by atoms with van der Waals surface area (Å²) >= 11 is 1.64. The van der Waals surface area contributed by atoms with Crippen molar-refractivity contribution >= 4 is 22.4 Å². The van der Waals surface area contributed by atoms with Gasteiger partial charge in [0.2, 0.25) is 0 Å². The van der Waals surface area contributed by atoms with Gasteiger partial charge in [-0.25, -0.2) is 4.98 Å². The molecule has 0 spiro atoms. The van der Waals surface area contributed by atoms with Gasteiger partial charge in [0.15, 0.2) is 5.65 Å². The Kier molecular flexibility index (Phi) is 2.18. The van der Waals surface area contributed by atoms with Crippen LogP contribution in [0.1, 0.15) is 10.6 Å². The van der Waals surface area contributed by atoms with Crippen LogP contribution in [0.5, 0.6) is 0 Å². The maximum absolute atomic E-state index is 13.4. The summed E-state index contributed by atoms with van der Waals surface area (Å²) in [6.07, 6.45) is 2.21. The monoisotopic (exact) mass is 233 g/mol. The van der Waals surface area contributed by atoms with Gasteiger partial charge in [0.1, 0.15) is 0 Å². The molecule has 3 aromatic rings. The predicted molar refractivity (Wildman–Crippen MR) is 61.2 cm³/mol. The van der Waals surface area contributed by atoms with Crippen molar-refractivity contribution in [2.24, 2.45) is 0 Å². The van der Waals surface area contributed by atoms with Crippen molar-refractivity contribution in [2.75, 3.05) is 0 Å². The normalized spacial score (nSPS) is 11.1. The molecule has 0 aromatic carbocycles. The quantitative estimate of drug-likeness (QED) is 0.681. The third-order valence-electron chi connectivity index (χ3n) is 2.40. The number of pyridine rings is 1. The van der Waals surface area contributed by atoms with Crippen molar-refractivity contribution in [3.63, 3.8) is 0 Å². The van der Waals surface area contributed by atoms with E-state index in [9.17, 15) is 4.48 Å². The molecule has 3 heterocycles. The molecule has 0 unspecified atom stereocenters. The number of hydrogen-bond acceptors (Lipinski definition) is 3. The molecule has 80 valence electrons. The first-order valence-corrected chi connectivity index (χ1v) is 5.74. The van der Waals surface area contributed by atoms with Crippen molar-refractivity contribution in [3.8, 4) is 0 Å². The number of rotatable bonds is 2. The second kappa shape index (κ2) is 3.68. The first-order valence-electron chi connectivity index (χ1n) is 4.86. The van der Waals surface area contributed by atoms with Gasteiger partial charge in [-0.15, -0.1) is 16.4 Å². The zero-order valence-corrected chi connectivity index (χ0v) is 9.12. The first kappa shape index (κ1) is 9.47. The fourth-order valence-electron chi connectivity index (χ4n) is 1.69. The van der Waals surface area contributed by atoms with Gasteiger partial charge in [0.05, 0.1) is 5.69 Å². The Labute approximate surface area is 95.1 Å². The van der Waals surface area contributed by atoms with Gasteiger partial charge in [-0.1, -0.05) is 15.5 Å². The summed E-state index contributed by atoms with van der Waals surface area (Å²) in [4.78, 5) is 5.48. The Balaban J connectivity index is 2.10. The average Bonchev–Trinajstić information content (AvgIpc) is 2.90. The van der Waals surface area contributed by atoms with E-state index in [4.69, 9.17) is 0 Å². The molecule has 0 saturated heterocycles. The van der Waals surface area contributed by atoms with Gasteiger partial charge in [-0.2, -0.15) is 0 Å². The molecule has 3 nitrogen and oxygen atoms in total. The molecule has 0 aliphatic rings. The standard InChI is InChI=1S/C11H8FN3S/c12-15-11-9(4-1-5-13-11)10(14-15)7-8-3-2-6-16-8/h1-6H,7H2. The second-order valence-corrected chi connectivity index (χ2v) is 4.47. The van der Waals surface area contributed by atoms with Gasteiger partial charge in [0.25, 0.3) is 0 Å². The average molecular weight is 233 g/mol. The lowest BCUT2D eigenvalue weighted by atomic mass is 10.2. The fraction of sp³-hybridized carbons (Fsp3) is 0.0909. The number of fused-ring (bicyclic) bond motifs is 1. The van der Waals surface area contributed by atoms with Crippen molar-refractivity contribution in [1.82, 2.24) is 15.0 Å². The lowest BCUT2D eigenvalue weighted by molar-refractivity contribution is 0.327. The van der Waals surface area contributed by atoms with Crippen LogP contribution in [-0.4, -0.2) is 15.0 Å². The van der Waals surface area contributed by atoms with Crippen LogP contribution in [0.4, 0.5) is 4.48 Å². The van der Waals surface area contributed by atoms with E-state index < -0.39 is 0 Å². The van der Waals surface area contributed by atoms with E-state index in [0.717, 1.165) is 11.1 Å². The molecular weight excluding hydrogens is 225 g/mol. The van der Waals surface area contributed by atoms with Gasteiger partial charge in [0, 0.05) is 22.9 Å². The fourth-order valence-corrected chi connectivity index (χ4v) is 2.39. The number of hydrogen-bond donors (Lipinski definition) is 0. The molecule has 16 heavy (non-hydrogen) atoms. The van der Waals surface area contributed by atoms with Crippen LogP contribution in [0.3, 0.4) is 0 Å². The predicted octanol–water partition coefficient (Wildman–Crippen LogP) is 2.82. The zero-order valence-electron chi connectivity index (χ0n) is 8.30. The highest BCUT2D eigenvalue weighted by Gasteiger charge is 2.11. The minimum absolute atomic E-state index is 0.286. The van der Waals surface area contributed by atoms with E-state index in [0.29, 0.717) is 11.3 Å². The smallest absolute Gasteiger partial charge is 0.193 e. The third kappa shape index (κ3) is 1.49. The first-order chi connectivity index (χ1) is 7.84. The molecule has 3 rings (SSSR count). The molecule has 0 amide bonds. The number of nitrogens with zero attached hydrogens (tertiary/aromatic N) is 3. The molecule has 0 bridgehead atoms. The third-order valence-corrected chi connectivity index (χ3v) is 3.28. The Morgan fingerprint density at radius 2 is 2.25 bits per heavy atom. The number of aromatic nitrogens is 3. The highest BCUT2D eigenvalue weighted by Crippen LogP contribution is 2.21. The summed E-state index contributed by atoms with van der Waals surface area (Å²) in [7, 11) is 0. The number of halogens is 1. The van der Waals surface area contributed by atoms with Crippen LogP contribution >= 0.6 is 11.3 Å². The van der Waals surface area contributed by atoms with E-state index in [1.54, 1.807) is 23.6 Å². The minimum atomic E-state index is 0.286. The molecule has 0 saturated carbocycles. The van der Waals surface area contributed by atoms with Crippen molar-refractivity contribution in [3.05, 3.63) is 46.4 Å². The van der Waals surface area contributed by atoms with Crippen LogP contribution in [0, 0.1) is 0 Å². The number of thiophene rings is 1. The van der Waals surface area contributed by atoms with Crippen molar-refractivity contribution < 1.29 is 4.48 Å². The largest absolute Gasteiger partial charge is 0.234 e. The topological polar surface area (TPSA) is 30.7 Å². The van der Waals surface area contributed by atoms with Crippen LogP contribution in [-0.2, 0) is 6.42 Å². The lowest BCUT2D eigenvalue weighted by Crippen LogP contribution is -1.88. The summed E-state index contributed by atoms with van der Waals surface area (Å²) < 4.78 is 13.4. The molecule has 3 aromatic heterocycles. The summed E-state index contributed by atoms with van der Waals surface area (Å²) in [5, 5.41) is 6.64. The summed E-state index contributed by atoms with van der Waals surface area (Å²) in [5.41, 5.74) is 1.02. The van der Waals surface area contributed by atoms with Crippen molar-refractivity contribution in [2.45, 2.75) is 6.42 Å². The van der Waals surface area contributed by atoms with Crippen LogP contribution < -0.4 is 0 Å². The van der Waals surface area contributed by atoms with Crippen LogP contribution in [0.2, 0.25) is 0 Å². The highest BCUT2D eigenvalue weighted by molar-refractivity contribution is 7.09. The molecule has 0 radical (unpaired) electrons. The summed E-state index contributed by atoms with van der Waals surface area (Å²) in [6.45, 7) is 0. The van der Waals surface area contributed by atoms with Gasteiger partial charge in [-0.3, -0.25) is 0 Å². The van der Waals surface area contributed by atoms with Crippen LogP contribution in [0.25, 0.3) is 11.0 Å². The van der Waals surface area contributed by atoms with Gasteiger partial charge in [-0.05, 0) is 23.6 Å². The van der Waals surface area contributed by atoms with E-state index in [2.05, 4.69) is 10.1 Å². The molecule has 0 N–H and O–H groups in total. The summed E-state index contributed by atoms with van der Waals surface area (Å²) in [6, 6.07) is 7.63. The molecule has 0 fully saturated rings. The second-order valence-electron chi connectivity index (χ2n) is 3.44. The molecule has 0 atom stereocenters. The Morgan fingerprint density at radius 1 is 1.31 bits per heavy atom. The van der Waals surface area contributed by atoms with E-state index in [1.165, 1.54) is 4.88 Å². The molecule has 5 heteroatoms. The maximum Gasteiger partial charge on any atom is 0.193 e. The molecule has 0 aliphatic carbocycles. The Bertz CT molecular complexity index is 615. The molecular formula is C11H8FN3S. The minimum Gasteiger partial charge on any atom is -0.234 e. The Hall–Kier alpha value is -1.75. The highest BCUT2D eigenvalue weighted by atomic mass is 32.1. The van der Waals surface area contributed by atoms with Crippen molar-refractivity contribution in [1.29, 1.82) is 0 Å². The maximum atomic E-state index is 13.4. The van der Waals surface area contributed by atoms with E-state index in [-0.39, 0.29) is 5.65 Å². The Morgan fingerprint density at radius 3 is 3.06 bits per heavy atom. The molecule has 0 aliphatic heterocycles. The van der Waals surface area contributed by atoms with E-state index in [1.807, 2.05) is 23.6 Å². The van der Waals surface area contributed by atoms with Gasteiger partial charge < -0.3 is 0 Å². The zero-order chi connectivity index (χ0) is 11.0. The van der Waals surface area contributed by atoms with Crippen LogP contribution in [0.15, 0.2) is 35.8 Å². The lowest BCUT2D eigenvalue weighted by Gasteiger charge is -1.92.